The third kappa shape index (κ3) is 37.4. The number of carbonyl (C=O) groups excluding carboxylic acids is 4. The van der Waals surface area contributed by atoms with Gasteiger partial charge >= 0.3 is 12.2 Å². The summed E-state index contributed by atoms with van der Waals surface area (Å²) in [7, 11) is 3.04. The summed E-state index contributed by atoms with van der Waals surface area (Å²) >= 11 is 0. The Morgan fingerprint density at radius 2 is 0.895 bits per heavy atom. The Hall–Kier alpha value is -2.60. The van der Waals surface area contributed by atoms with Gasteiger partial charge in [-0.05, 0) is 32.1 Å². The molecule has 0 heterocycles. The third-order valence-electron chi connectivity index (χ3n) is 10.4. The van der Waals surface area contributed by atoms with Gasteiger partial charge in [0.2, 0.25) is 11.8 Å². The predicted octanol–water partition coefficient (Wildman–Crippen LogP) is 10.0. The Morgan fingerprint density at radius 3 is 1.33 bits per heavy atom. The Kier molecular flexibility index (Phi) is 41.0. The van der Waals surface area contributed by atoms with Crippen LogP contribution in [0.1, 0.15) is 194 Å². The normalized spacial score (nSPS) is 11.6. The highest BCUT2D eigenvalue weighted by atomic mass is 16.6. The maximum atomic E-state index is 13.5. The van der Waals surface area contributed by atoms with Crippen molar-refractivity contribution in [2.75, 3.05) is 66.8 Å². The zero-order valence-electron chi connectivity index (χ0n) is 37.2. The molecule has 1 atom stereocenters. The Morgan fingerprint density at radius 1 is 0.474 bits per heavy atom. The van der Waals surface area contributed by atoms with Gasteiger partial charge in [-0.25, -0.2) is 9.59 Å². The summed E-state index contributed by atoms with van der Waals surface area (Å²) in [6.07, 6.45) is 31.2. The number of carbonyl (C=O) groups is 4. The molecule has 0 aromatic heterocycles. The lowest BCUT2D eigenvalue weighted by molar-refractivity contribution is -0.131. The number of rotatable bonds is 42. The van der Waals surface area contributed by atoms with E-state index in [0.717, 1.165) is 38.8 Å². The van der Waals surface area contributed by atoms with Gasteiger partial charge in [-0.2, -0.15) is 0 Å². The van der Waals surface area contributed by atoms with Crippen LogP contribution in [0, 0.1) is 0 Å². The molecule has 0 fully saturated rings. The van der Waals surface area contributed by atoms with E-state index < -0.39 is 18.2 Å². The second-order valence-electron chi connectivity index (χ2n) is 15.6. The van der Waals surface area contributed by atoms with Gasteiger partial charge in [-0.1, -0.05) is 155 Å². The van der Waals surface area contributed by atoms with E-state index in [1.54, 1.807) is 0 Å². The molecule has 0 aliphatic rings. The first kappa shape index (κ1) is 54.4. The molecule has 336 valence electrons. The molecule has 4 amide bonds. The molecule has 0 rings (SSSR count). The number of amides is 4. The number of hydrogen-bond donors (Lipinski definition) is 3. The second kappa shape index (κ2) is 43.0. The first-order valence-corrected chi connectivity index (χ1v) is 23.3. The molecule has 12 nitrogen and oxygen atoms in total. The van der Waals surface area contributed by atoms with Crippen LogP contribution in [0.15, 0.2) is 0 Å². The fraction of sp³-hybridized carbons (Fsp3) is 0.911. The quantitative estimate of drug-likeness (QED) is 0.0517. The Labute approximate surface area is 348 Å². The van der Waals surface area contributed by atoms with Crippen LogP contribution in [-0.4, -0.2) is 102 Å². The lowest BCUT2D eigenvalue weighted by Crippen LogP contribution is -2.48. The van der Waals surface area contributed by atoms with E-state index in [1.165, 1.54) is 143 Å². The number of unbranched alkanes of at least 4 members (excludes halogenated alkanes) is 23. The minimum absolute atomic E-state index is 0.0633. The molecular weight excluding hydrogens is 725 g/mol. The maximum Gasteiger partial charge on any atom is 0.407 e. The van der Waals surface area contributed by atoms with Crippen molar-refractivity contribution in [1.82, 2.24) is 20.9 Å². The predicted molar refractivity (Wildman–Crippen MR) is 232 cm³/mol. The van der Waals surface area contributed by atoms with Crippen LogP contribution >= 0.6 is 0 Å². The van der Waals surface area contributed by atoms with Crippen LogP contribution in [0.4, 0.5) is 9.59 Å². The molecule has 0 aromatic rings. The van der Waals surface area contributed by atoms with Crippen LogP contribution < -0.4 is 16.0 Å². The van der Waals surface area contributed by atoms with Gasteiger partial charge in [0.1, 0.15) is 19.3 Å². The summed E-state index contributed by atoms with van der Waals surface area (Å²) in [5.41, 5.74) is 0. The van der Waals surface area contributed by atoms with Crippen molar-refractivity contribution in [2.45, 2.75) is 200 Å². The van der Waals surface area contributed by atoms with Crippen molar-refractivity contribution < 1.29 is 38.1 Å². The zero-order chi connectivity index (χ0) is 41.9. The van der Waals surface area contributed by atoms with Crippen LogP contribution in [0.2, 0.25) is 0 Å². The van der Waals surface area contributed by atoms with E-state index in [0.29, 0.717) is 32.4 Å². The molecule has 0 saturated heterocycles. The largest absolute Gasteiger partial charge is 0.447 e. The Balaban J connectivity index is 4.87. The summed E-state index contributed by atoms with van der Waals surface area (Å²) < 4.78 is 19.9. The molecule has 57 heavy (non-hydrogen) atoms. The van der Waals surface area contributed by atoms with E-state index in [9.17, 15) is 19.2 Å². The number of alkyl carbamates (subject to hydrolysis) is 2. The van der Waals surface area contributed by atoms with Crippen molar-refractivity contribution in [3.05, 3.63) is 0 Å². The average molecular weight is 813 g/mol. The fourth-order valence-electron chi connectivity index (χ4n) is 6.83. The molecule has 0 spiro atoms. The monoisotopic (exact) mass is 813 g/mol. The lowest BCUT2D eigenvalue weighted by Gasteiger charge is -2.23. The molecule has 0 aliphatic carbocycles. The van der Waals surface area contributed by atoms with Crippen LogP contribution in [-0.2, 0) is 28.5 Å². The standard InChI is InChI=1S/C45H88N4O8/c1-5-7-9-11-13-15-17-19-21-23-25-29-35-49(36-30-26-24-22-20-18-16-14-12-10-8-6-2)42(50)32-34-46-43(51)41(48-45(53)57-40-38-55-4)31-27-28-33-47-44(52)56-39-37-54-3/h41H,5-40H2,1-4H3,(H,46,51)(H,47,52)(H,48,53). The van der Waals surface area contributed by atoms with Gasteiger partial charge in [0.25, 0.3) is 0 Å². The number of hydrogen-bond acceptors (Lipinski definition) is 8. The van der Waals surface area contributed by atoms with Crippen LogP contribution in [0.5, 0.6) is 0 Å². The number of ether oxygens (including phenoxy) is 4. The molecule has 0 saturated carbocycles. The van der Waals surface area contributed by atoms with Crippen molar-refractivity contribution in [1.29, 1.82) is 0 Å². The minimum Gasteiger partial charge on any atom is -0.447 e. The zero-order valence-corrected chi connectivity index (χ0v) is 37.2. The highest BCUT2D eigenvalue weighted by Gasteiger charge is 2.22. The maximum absolute atomic E-state index is 13.5. The van der Waals surface area contributed by atoms with Gasteiger partial charge < -0.3 is 39.8 Å². The average Bonchev–Trinajstić information content (AvgIpc) is 3.20. The second-order valence-corrected chi connectivity index (χ2v) is 15.6. The summed E-state index contributed by atoms with van der Waals surface area (Å²) in [4.78, 5) is 52.9. The van der Waals surface area contributed by atoms with E-state index in [-0.39, 0.29) is 44.6 Å². The van der Waals surface area contributed by atoms with Crippen LogP contribution in [0.25, 0.3) is 0 Å². The van der Waals surface area contributed by atoms with Gasteiger partial charge in [-0.3, -0.25) is 9.59 Å². The van der Waals surface area contributed by atoms with Gasteiger partial charge in [0, 0.05) is 46.8 Å². The number of nitrogens with one attached hydrogen (secondary N) is 3. The summed E-state index contributed by atoms with van der Waals surface area (Å²) in [6.45, 7) is 7.38. The van der Waals surface area contributed by atoms with Crippen LogP contribution in [0.3, 0.4) is 0 Å². The lowest BCUT2D eigenvalue weighted by atomic mass is 10.0. The highest BCUT2D eigenvalue weighted by molar-refractivity contribution is 5.86. The fourth-order valence-corrected chi connectivity index (χ4v) is 6.83. The van der Waals surface area contributed by atoms with E-state index in [4.69, 9.17) is 18.9 Å². The van der Waals surface area contributed by atoms with Crippen molar-refractivity contribution in [2.24, 2.45) is 0 Å². The van der Waals surface area contributed by atoms with Gasteiger partial charge in [-0.15, -0.1) is 0 Å². The SMILES string of the molecule is CCCCCCCCCCCCCCN(CCCCCCCCCCCCCC)C(=O)CCNC(=O)C(CCCCNC(=O)OCCOC)NC(=O)OCCOC. The molecule has 0 aromatic carbocycles. The Bertz CT molecular complexity index is 913. The van der Waals surface area contributed by atoms with Gasteiger partial charge in [0.15, 0.2) is 0 Å². The summed E-state index contributed by atoms with van der Waals surface area (Å²) in [5.74, 6) is -0.305. The third-order valence-corrected chi connectivity index (χ3v) is 10.4. The van der Waals surface area contributed by atoms with Crippen molar-refractivity contribution in [3.8, 4) is 0 Å². The summed E-state index contributed by atoms with van der Waals surface area (Å²) in [5, 5.41) is 8.20. The van der Waals surface area contributed by atoms with E-state index >= 15 is 0 Å². The summed E-state index contributed by atoms with van der Waals surface area (Å²) in [6, 6.07) is -0.845. The minimum atomic E-state index is -0.845. The van der Waals surface area contributed by atoms with E-state index in [1.807, 2.05) is 4.90 Å². The number of nitrogens with zero attached hydrogens (tertiary/aromatic N) is 1. The first-order valence-electron chi connectivity index (χ1n) is 23.3. The highest BCUT2D eigenvalue weighted by Crippen LogP contribution is 2.15. The van der Waals surface area contributed by atoms with Crippen molar-refractivity contribution >= 4 is 24.0 Å². The van der Waals surface area contributed by atoms with Gasteiger partial charge in [0.05, 0.1) is 13.2 Å². The first-order chi connectivity index (χ1) is 27.9. The smallest absolute Gasteiger partial charge is 0.407 e. The molecular formula is C45H88N4O8. The molecule has 12 heteroatoms. The molecule has 0 radical (unpaired) electrons. The molecule has 0 bridgehead atoms. The molecule has 0 aliphatic heterocycles. The molecule has 3 N–H and O–H groups in total. The topological polar surface area (TPSA) is 145 Å². The van der Waals surface area contributed by atoms with Crippen molar-refractivity contribution in [3.63, 3.8) is 0 Å². The number of methoxy groups -OCH3 is 2. The molecule has 1 unspecified atom stereocenters. The van der Waals surface area contributed by atoms with E-state index in [2.05, 4.69) is 29.8 Å².